The van der Waals surface area contributed by atoms with Gasteiger partial charge in [0, 0.05) is 12.8 Å². The topological polar surface area (TPSA) is 75.6 Å². The molecule has 4 aromatic carbocycles. The van der Waals surface area contributed by atoms with E-state index >= 15 is 0 Å². The molecular formula is C31H28ClNO4. The highest BCUT2D eigenvalue weighted by atomic mass is 35.5. The van der Waals surface area contributed by atoms with E-state index < -0.39 is 17.4 Å². The lowest BCUT2D eigenvalue weighted by atomic mass is 9.67. The van der Waals surface area contributed by atoms with Gasteiger partial charge >= 0.3 is 5.97 Å². The van der Waals surface area contributed by atoms with Crippen molar-refractivity contribution in [2.45, 2.75) is 24.3 Å². The number of hydrogen-bond donors (Lipinski definition) is 2. The maximum atomic E-state index is 13.6. The summed E-state index contributed by atoms with van der Waals surface area (Å²) < 4.78 is 5.18. The Morgan fingerprint density at radius 1 is 0.838 bits per heavy atom. The molecule has 0 fully saturated rings. The summed E-state index contributed by atoms with van der Waals surface area (Å²) in [6, 6.07) is 33.4. The normalized spacial score (nSPS) is 11.9. The van der Waals surface area contributed by atoms with Gasteiger partial charge in [0.15, 0.2) is 0 Å². The second kappa shape index (κ2) is 11.8. The summed E-state index contributed by atoms with van der Waals surface area (Å²) in [4.78, 5) is 25.8. The molecule has 0 aliphatic carbocycles. The van der Waals surface area contributed by atoms with E-state index in [2.05, 4.69) is 5.32 Å². The molecule has 0 saturated carbocycles. The summed E-state index contributed by atoms with van der Waals surface area (Å²) in [6.45, 7) is 0. The smallest absolute Gasteiger partial charge is 0.326 e. The number of benzene rings is 4. The summed E-state index contributed by atoms with van der Waals surface area (Å²) in [5, 5.41) is 13.1. The number of aliphatic carboxylic acids is 1. The number of amides is 1. The van der Waals surface area contributed by atoms with Crippen molar-refractivity contribution in [2.75, 3.05) is 7.11 Å². The van der Waals surface area contributed by atoms with Crippen LogP contribution in [0.15, 0.2) is 109 Å². The number of methoxy groups -OCH3 is 1. The average molecular weight is 514 g/mol. The third kappa shape index (κ3) is 5.84. The molecule has 4 aromatic rings. The van der Waals surface area contributed by atoms with E-state index in [1.54, 1.807) is 18.2 Å². The fourth-order valence-electron chi connectivity index (χ4n) is 4.73. The lowest BCUT2D eigenvalue weighted by Crippen LogP contribution is -2.45. The van der Waals surface area contributed by atoms with E-state index in [4.69, 9.17) is 16.3 Å². The first kappa shape index (κ1) is 26.0. The molecule has 0 aromatic heterocycles. The van der Waals surface area contributed by atoms with Crippen molar-refractivity contribution in [3.05, 3.63) is 136 Å². The molecule has 5 nitrogen and oxygen atoms in total. The monoisotopic (exact) mass is 513 g/mol. The van der Waals surface area contributed by atoms with E-state index in [9.17, 15) is 14.7 Å². The van der Waals surface area contributed by atoms with Crippen LogP contribution in [0.5, 0.6) is 5.75 Å². The molecule has 188 valence electrons. The van der Waals surface area contributed by atoms with Crippen LogP contribution < -0.4 is 10.1 Å². The van der Waals surface area contributed by atoms with Gasteiger partial charge in [0.1, 0.15) is 11.8 Å². The van der Waals surface area contributed by atoms with Gasteiger partial charge in [-0.2, -0.15) is 0 Å². The summed E-state index contributed by atoms with van der Waals surface area (Å²) in [5.41, 5.74) is 2.68. The maximum Gasteiger partial charge on any atom is 0.326 e. The third-order valence-electron chi connectivity index (χ3n) is 6.51. The van der Waals surface area contributed by atoms with Crippen LogP contribution in [0.2, 0.25) is 5.02 Å². The number of halogens is 1. The minimum Gasteiger partial charge on any atom is -0.495 e. The van der Waals surface area contributed by atoms with Gasteiger partial charge in [0.2, 0.25) is 5.91 Å². The van der Waals surface area contributed by atoms with Crippen molar-refractivity contribution in [3.8, 4) is 5.75 Å². The van der Waals surface area contributed by atoms with E-state index in [0.29, 0.717) is 16.3 Å². The van der Waals surface area contributed by atoms with E-state index in [1.165, 1.54) is 7.11 Å². The Labute approximate surface area is 221 Å². The number of carbonyl (C=O) groups is 2. The van der Waals surface area contributed by atoms with Crippen LogP contribution in [0.3, 0.4) is 0 Å². The predicted octanol–water partition coefficient (Wildman–Crippen LogP) is 5.89. The van der Waals surface area contributed by atoms with E-state index in [0.717, 1.165) is 16.7 Å². The van der Waals surface area contributed by atoms with Gasteiger partial charge < -0.3 is 15.2 Å². The second-order valence-electron chi connectivity index (χ2n) is 8.81. The molecule has 0 aliphatic heterocycles. The number of nitrogens with one attached hydrogen (secondary N) is 1. The number of carbonyl (C=O) groups excluding carboxylic acids is 1. The van der Waals surface area contributed by atoms with Crippen LogP contribution in [0.4, 0.5) is 0 Å². The zero-order chi connectivity index (χ0) is 26.3. The van der Waals surface area contributed by atoms with Crippen LogP contribution >= 0.6 is 11.6 Å². The van der Waals surface area contributed by atoms with Crippen molar-refractivity contribution in [1.29, 1.82) is 0 Å². The summed E-state index contributed by atoms with van der Waals surface area (Å²) >= 11 is 6.23. The van der Waals surface area contributed by atoms with Gasteiger partial charge in [-0.05, 0) is 34.4 Å². The molecule has 0 spiro atoms. The highest BCUT2D eigenvalue weighted by Crippen LogP contribution is 2.42. The number of carboxylic acids is 1. The molecule has 1 atom stereocenters. The average Bonchev–Trinajstić information content (AvgIpc) is 2.93. The van der Waals surface area contributed by atoms with Crippen LogP contribution in [0, 0.1) is 0 Å². The van der Waals surface area contributed by atoms with E-state index in [1.807, 2.05) is 91.0 Å². The molecule has 0 aliphatic rings. The van der Waals surface area contributed by atoms with Crippen LogP contribution in [0.25, 0.3) is 0 Å². The minimum absolute atomic E-state index is 0.0260. The van der Waals surface area contributed by atoms with Crippen molar-refractivity contribution in [1.82, 2.24) is 5.32 Å². The Bertz CT molecular complexity index is 1250. The maximum absolute atomic E-state index is 13.6. The van der Waals surface area contributed by atoms with Crippen LogP contribution in [-0.2, 0) is 21.4 Å². The zero-order valence-electron chi connectivity index (χ0n) is 20.4. The molecule has 0 unspecified atom stereocenters. The second-order valence-corrected chi connectivity index (χ2v) is 9.22. The largest absolute Gasteiger partial charge is 0.495 e. The minimum atomic E-state index is -1.13. The highest BCUT2D eigenvalue weighted by Gasteiger charge is 2.39. The van der Waals surface area contributed by atoms with Gasteiger partial charge in [-0.3, -0.25) is 4.79 Å². The van der Waals surface area contributed by atoms with Gasteiger partial charge in [0.25, 0.3) is 0 Å². The molecule has 0 radical (unpaired) electrons. The van der Waals surface area contributed by atoms with Gasteiger partial charge in [-0.1, -0.05) is 109 Å². The lowest BCUT2D eigenvalue weighted by Gasteiger charge is -2.36. The Balaban J connectivity index is 1.70. The summed E-state index contributed by atoms with van der Waals surface area (Å²) in [6.07, 6.45) is 0.109. The molecule has 1 amide bonds. The standard InChI is InChI=1S/C31H28ClNO4/c1-37-28-18-17-22(19-26(28)32)20-27(30(35)36)33-29(34)21-31(23-11-5-2-6-12-23,24-13-7-3-8-14-24)25-15-9-4-10-16-25/h2-19,27H,20-21H2,1H3,(H,33,34)(H,35,36)/t27-/m1/s1. The third-order valence-corrected chi connectivity index (χ3v) is 6.81. The van der Waals surface area contributed by atoms with Gasteiger partial charge in [-0.25, -0.2) is 4.79 Å². The summed E-state index contributed by atoms with van der Waals surface area (Å²) in [7, 11) is 1.51. The van der Waals surface area contributed by atoms with Crippen molar-refractivity contribution < 1.29 is 19.4 Å². The molecule has 2 N–H and O–H groups in total. The van der Waals surface area contributed by atoms with Crippen molar-refractivity contribution in [2.24, 2.45) is 0 Å². The van der Waals surface area contributed by atoms with Crippen LogP contribution in [-0.4, -0.2) is 30.1 Å². The molecule has 6 heteroatoms. The first-order valence-electron chi connectivity index (χ1n) is 11.9. The van der Waals surface area contributed by atoms with Crippen molar-refractivity contribution >= 4 is 23.5 Å². The Morgan fingerprint density at radius 2 is 1.32 bits per heavy atom. The van der Waals surface area contributed by atoms with Gasteiger partial charge in [0.05, 0.1) is 17.5 Å². The van der Waals surface area contributed by atoms with Crippen LogP contribution in [0.1, 0.15) is 28.7 Å². The first-order valence-corrected chi connectivity index (χ1v) is 12.3. The number of carboxylic acid groups (broad SMARTS) is 1. The Morgan fingerprint density at radius 3 is 1.73 bits per heavy atom. The lowest BCUT2D eigenvalue weighted by molar-refractivity contribution is -0.141. The zero-order valence-corrected chi connectivity index (χ0v) is 21.2. The predicted molar refractivity (Wildman–Crippen MR) is 145 cm³/mol. The summed E-state index contributed by atoms with van der Waals surface area (Å²) in [5.74, 6) is -0.992. The SMILES string of the molecule is COc1ccc(C[C@@H](NC(=O)CC(c2ccccc2)(c2ccccc2)c2ccccc2)C(=O)O)cc1Cl. The molecule has 0 saturated heterocycles. The molecule has 4 rings (SSSR count). The molecule has 0 bridgehead atoms. The fourth-order valence-corrected chi connectivity index (χ4v) is 5.01. The number of ether oxygens (including phenoxy) is 1. The number of hydrogen-bond acceptors (Lipinski definition) is 3. The highest BCUT2D eigenvalue weighted by molar-refractivity contribution is 6.32. The molecular weight excluding hydrogens is 486 g/mol. The molecule has 0 heterocycles. The van der Waals surface area contributed by atoms with E-state index in [-0.39, 0.29) is 18.7 Å². The molecule has 37 heavy (non-hydrogen) atoms. The fraction of sp³-hybridized carbons (Fsp3) is 0.161. The Kier molecular flexibility index (Phi) is 8.26. The van der Waals surface area contributed by atoms with Gasteiger partial charge in [-0.15, -0.1) is 0 Å². The first-order chi connectivity index (χ1) is 17.9. The quantitative estimate of drug-likeness (QED) is 0.259. The number of rotatable bonds is 10. The van der Waals surface area contributed by atoms with Crippen molar-refractivity contribution in [3.63, 3.8) is 0 Å². The Hall–Kier alpha value is -4.09.